The maximum Gasteiger partial charge on any atom is 0.418 e. The minimum Gasteiger partial charge on any atom is -0.453 e. The van der Waals surface area contributed by atoms with Crippen LogP contribution >= 0.6 is 0 Å². The van der Waals surface area contributed by atoms with Gasteiger partial charge in [-0.25, -0.2) is 9.59 Å². The van der Waals surface area contributed by atoms with Gasteiger partial charge in [0.05, 0.1) is 0 Å². The molecule has 0 N–H and O–H groups in total. The van der Waals surface area contributed by atoms with Crippen molar-refractivity contribution in [3.05, 3.63) is 12.7 Å². The largest absolute Gasteiger partial charge is 0.453 e. The molecular weight excluding hydrogens is 172 g/mol. The van der Waals surface area contributed by atoms with E-state index in [9.17, 15) is 9.59 Å². The summed E-state index contributed by atoms with van der Waals surface area (Å²) in [5, 5.41) is 0. The highest BCUT2D eigenvalue weighted by Gasteiger charge is 2.23. The third kappa shape index (κ3) is 5.90. The van der Waals surface area contributed by atoms with Crippen LogP contribution in [0.5, 0.6) is 0 Å². The summed E-state index contributed by atoms with van der Waals surface area (Å²) in [4.78, 5) is 21.8. The van der Waals surface area contributed by atoms with E-state index in [0.29, 0.717) is 0 Å². The molecule has 0 heterocycles. The van der Waals surface area contributed by atoms with E-state index in [2.05, 4.69) is 11.3 Å². The minimum absolute atomic E-state index is 0.0120. The molecule has 4 heteroatoms. The number of carbonyl (C=O) groups excluding carboxylic acids is 2. The summed E-state index contributed by atoms with van der Waals surface area (Å²) in [6.45, 7) is 8.37. The standard InChI is InChI=1S/C9H14O4/c1-5-6-12-7(10)8(11)13-9(2,3)4/h5H,1,6H2,2-4H3. The smallest absolute Gasteiger partial charge is 0.418 e. The Bertz CT molecular complexity index is 212. The molecule has 0 rings (SSSR count). The highest BCUT2D eigenvalue weighted by atomic mass is 16.6. The first-order valence-corrected chi connectivity index (χ1v) is 3.88. The van der Waals surface area contributed by atoms with Gasteiger partial charge in [-0.2, -0.15) is 0 Å². The summed E-state index contributed by atoms with van der Waals surface area (Å²) >= 11 is 0. The van der Waals surface area contributed by atoms with Gasteiger partial charge in [0, 0.05) is 0 Å². The first-order valence-electron chi connectivity index (χ1n) is 3.88. The Morgan fingerprint density at radius 2 is 1.85 bits per heavy atom. The van der Waals surface area contributed by atoms with Gasteiger partial charge in [0.15, 0.2) is 0 Å². The fraction of sp³-hybridized carbons (Fsp3) is 0.556. The van der Waals surface area contributed by atoms with Crippen molar-refractivity contribution in [3.63, 3.8) is 0 Å². The Hall–Kier alpha value is -1.32. The van der Waals surface area contributed by atoms with Crippen molar-refractivity contribution >= 4 is 11.9 Å². The Labute approximate surface area is 77.5 Å². The predicted octanol–water partition coefficient (Wildman–Crippen LogP) is 1.06. The molecule has 74 valence electrons. The Balaban J connectivity index is 3.97. The van der Waals surface area contributed by atoms with Crippen LogP contribution < -0.4 is 0 Å². The summed E-state index contributed by atoms with van der Waals surface area (Å²) in [5.41, 5.74) is -0.676. The number of carbonyl (C=O) groups is 2. The summed E-state index contributed by atoms with van der Waals surface area (Å²) in [6.07, 6.45) is 1.38. The van der Waals surface area contributed by atoms with Gasteiger partial charge in [0.2, 0.25) is 0 Å². The van der Waals surface area contributed by atoms with Crippen molar-refractivity contribution in [2.45, 2.75) is 26.4 Å². The lowest BCUT2D eigenvalue weighted by Crippen LogP contribution is -2.30. The number of hydrogen-bond acceptors (Lipinski definition) is 4. The Morgan fingerprint density at radius 1 is 1.31 bits per heavy atom. The molecule has 0 aromatic carbocycles. The SMILES string of the molecule is C=CCOC(=O)C(=O)OC(C)(C)C. The normalized spacial score (nSPS) is 10.4. The van der Waals surface area contributed by atoms with Crippen molar-refractivity contribution in [2.24, 2.45) is 0 Å². The lowest BCUT2D eigenvalue weighted by Gasteiger charge is -2.18. The van der Waals surface area contributed by atoms with Crippen molar-refractivity contribution in [1.29, 1.82) is 0 Å². The van der Waals surface area contributed by atoms with E-state index < -0.39 is 17.5 Å². The van der Waals surface area contributed by atoms with Crippen LogP contribution in [-0.4, -0.2) is 24.1 Å². The molecular formula is C9H14O4. The first-order chi connectivity index (χ1) is 5.87. The molecule has 0 aliphatic heterocycles. The lowest BCUT2D eigenvalue weighted by atomic mass is 10.2. The van der Waals surface area contributed by atoms with Gasteiger partial charge in [-0.15, -0.1) is 0 Å². The molecule has 0 amide bonds. The second-order valence-corrected chi connectivity index (χ2v) is 3.39. The monoisotopic (exact) mass is 186 g/mol. The molecule has 4 nitrogen and oxygen atoms in total. The average molecular weight is 186 g/mol. The highest BCUT2D eigenvalue weighted by molar-refractivity contribution is 6.29. The number of hydrogen-bond donors (Lipinski definition) is 0. The zero-order valence-electron chi connectivity index (χ0n) is 8.12. The summed E-state index contributed by atoms with van der Waals surface area (Å²) in [7, 11) is 0. The molecule has 0 spiro atoms. The molecule has 0 saturated carbocycles. The van der Waals surface area contributed by atoms with Gasteiger partial charge in [-0.1, -0.05) is 12.7 Å². The number of rotatable bonds is 2. The predicted molar refractivity (Wildman–Crippen MR) is 47.0 cm³/mol. The third-order valence-corrected chi connectivity index (χ3v) is 0.898. The maximum atomic E-state index is 10.9. The van der Waals surface area contributed by atoms with Crippen LogP contribution in [0.3, 0.4) is 0 Å². The fourth-order valence-corrected chi connectivity index (χ4v) is 0.513. The molecule has 0 radical (unpaired) electrons. The van der Waals surface area contributed by atoms with E-state index in [4.69, 9.17) is 4.74 Å². The lowest BCUT2D eigenvalue weighted by molar-refractivity contribution is -0.174. The molecule has 0 fully saturated rings. The van der Waals surface area contributed by atoms with E-state index in [1.165, 1.54) is 6.08 Å². The summed E-state index contributed by atoms with van der Waals surface area (Å²) in [6, 6.07) is 0. The zero-order valence-corrected chi connectivity index (χ0v) is 8.12. The number of esters is 2. The zero-order chi connectivity index (χ0) is 10.5. The average Bonchev–Trinajstić information content (AvgIpc) is 1.96. The second-order valence-electron chi connectivity index (χ2n) is 3.39. The summed E-state index contributed by atoms with van der Waals surface area (Å²) in [5.74, 6) is -1.97. The van der Waals surface area contributed by atoms with Gasteiger partial charge in [-0.3, -0.25) is 0 Å². The van der Waals surface area contributed by atoms with Gasteiger partial charge in [0.1, 0.15) is 12.2 Å². The van der Waals surface area contributed by atoms with Crippen molar-refractivity contribution < 1.29 is 19.1 Å². The van der Waals surface area contributed by atoms with Gasteiger partial charge >= 0.3 is 11.9 Å². The third-order valence-electron chi connectivity index (χ3n) is 0.898. The van der Waals surface area contributed by atoms with E-state index >= 15 is 0 Å². The van der Waals surface area contributed by atoms with Crippen LogP contribution in [0.1, 0.15) is 20.8 Å². The van der Waals surface area contributed by atoms with Crippen molar-refractivity contribution in [2.75, 3.05) is 6.61 Å². The minimum atomic E-state index is -0.991. The molecule has 0 aliphatic rings. The maximum absolute atomic E-state index is 10.9. The van der Waals surface area contributed by atoms with Crippen LogP contribution in [0.25, 0.3) is 0 Å². The van der Waals surface area contributed by atoms with Crippen LogP contribution in [-0.2, 0) is 19.1 Å². The van der Waals surface area contributed by atoms with Crippen LogP contribution in [0.4, 0.5) is 0 Å². The van der Waals surface area contributed by atoms with Gasteiger partial charge in [0.25, 0.3) is 0 Å². The molecule has 0 bridgehead atoms. The highest BCUT2D eigenvalue weighted by Crippen LogP contribution is 2.07. The molecule has 0 aliphatic carbocycles. The van der Waals surface area contributed by atoms with Crippen LogP contribution in [0.2, 0.25) is 0 Å². The van der Waals surface area contributed by atoms with E-state index in [1.54, 1.807) is 20.8 Å². The van der Waals surface area contributed by atoms with Gasteiger partial charge in [-0.05, 0) is 20.8 Å². The summed E-state index contributed by atoms with van der Waals surface area (Å²) < 4.78 is 9.22. The van der Waals surface area contributed by atoms with Crippen LogP contribution in [0, 0.1) is 0 Å². The van der Waals surface area contributed by atoms with Crippen LogP contribution in [0.15, 0.2) is 12.7 Å². The molecule has 0 atom stereocenters. The Kier molecular flexibility index (Phi) is 4.17. The molecule has 0 saturated heterocycles. The molecule has 0 aromatic rings. The first kappa shape index (κ1) is 11.7. The Morgan fingerprint density at radius 3 is 2.23 bits per heavy atom. The quantitative estimate of drug-likeness (QED) is 0.367. The molecule has 13 heavy (non-hydrogen) atoms. The van der Waals surface area contributed by atoms with E-state index in [1.807, 2.05) is 0 Å². The molecule has 0 unspecified atom stereocenters. The van der Waals surface area contributed by atoms with Crippen molar-refractivity contribution in [1.82, 2.24) is 0 Å². The second kappa shape index (κ2) is 4.64. The topological polar surface area (TPSA) is 52.6 Å². The van der Waals surface area contributed by atoms with Crippen molar-refractivity contribution in [3.8, 4) is 0 Å². The van der Waals surface area contributed by atoms with E-state index in [0.717, 1.165) is 0 Å². The molecule has 0 aromatic heterocycles. The number of ether oxygens (including phenoxy) is 2. The van der Waals surface area contributed by atoms with Gasteiger partial charge < -0.3 is 9.47 Å². The van der Waals surface area contributed by atoms with E-state index in [-0.39, 0.29) is 6.61 Å². The fourth-order valence-electron chi connectivity index (χ4n) is 0.513.